The summed E-state index contributed by atoms with van der Waals surface area (Å²) in [5.41, 5.74) is 0.0798. The van der Waals surface area contributed by atoms with Crippen LogP contribution in [0.1, 0.15) is 26.5 Å². The summed E-state index contributed by atoms with van der Waals surface area (Å²) in [5, 5.41) is 25.2. The molecule has 18 heavy (non-hydrogen) atoms. The van der Waals surface area contributed by atoms with E-state index in [1.54, 1.807) is 24.3 Å². The summed E-state index contributed by atoms with van der Waals surface area (Å²) in [6.45, 7) is 0.150. The zero-order valence-corrected chi connectivity index (χ0v) is 9.20. The number of carboxylic acid groups (broad SMARTS) is 2. The maximum Gasteiger partial charge on any atom is 0.108 e. The van der Waals surface area contributed by atoms with E-state index in [2.05, 4.69) is 5.10 Å². The predicted octanol–water partition coefficient (Wildman–Crippen LogP) is -1.34. The quantitative estimate of drug-likeness (QED) is 0.662. The van der Waals surface area contributed by atoms with E-state index in [0.29, 0.717) is 0 Å². The van der Waals surface area contributed by atoms with Gasteiger partial charge in [-0.05, 0) is 11.6 Å². The standard InChI is InChI=1S/C12H10N2O4/c15-11(16)9-6-10(12(17)18)14(13-9)7-8-4-2-1-3-5-8/h1-6H,7H2,(H,15,16)(H,17,18)/p-2. The van der Waals surface area contributed by atoms with Crippen molar-refractivity contribution in [3.05, 3.63) is 53.3 Å². The summed E-state index contributed by atoms with van der Waals surface area (Å²) in [6, 6.07) is 9.87. The fourth-order valence-electron chi connectivity index (χ4n) is 1.56. The fourth-order valence-corrected chi connectivity index (χ4v) is 1.56. The van der Waals surface area contributed by atoms with Crippen LogP contribution in [0, 0.1) is 0 Å². The molecule has 0 unspecified atom stereocenters. The third-order valence-electron chi connectivity index (χ3n) is 2.37. The zero-order chi connectivity index (χ0) is 13.1. The summed E-state index contributed by atoms with van der Waals surface area (Å²) in [4.78, 5) is 21.5. The lowest BCUT2D eigenvalue weighted by molar-refractivity contribution is -0.256. The highest BCUT2D eigenvalue weighted by Gasteiger charge is 2.09. The van der Waals surface area contributed by atoms with E-state index in [1.165, 1.54) is 0 Å². The molecule has 1 aromatic carbocycles. The predicted molar refractivity (Wildman–Crippen MR) is 56.4 cm³/mol. The van der Waals surface area contributed by atoms with E-state index in [1.807, 2.05) is 6.07 Å². The van der Waals surface area contributed by atoms with Crippen LogP contribution in [0.25, 0.3) is 0 Å². The summed E-state index contributed by atoms with van der Waals surface area (Å²) < 4.78 is 1.07. The molecular formula is C12H8N2O4-2. The van der Waals surface area contributed by atoms with Gasteiger partial charge in [-0.2, -0.15) is 5.10 Å². The first-order valence-electron chi connectivity index (χ1n) is 5.12. The molecule has 2 rings (SSSR count). The first kappa shape index (κ1) is 11.8. The minimum atomic E-state index is -1.52. The van der Waals surface area contributed by atoms with Crippen molar-refractivity contribution in [3.8, 4) is 0 Å². The topological polar surface area (TPSA) is 98.1 Å². The van der Waals surface area contributed by atoms with Crippen LogP contribution in [0.5, 0.6) is 0 Å². The number of aromatic nitrogens is 2. The smallest absolute Gasteiger partial charge is 0.108 e. The van der Waals surface area contributed by atoms with Crippen molar-refractivity contribution in [2.45, 2.75) is 6.54 Å². The SMILES string of the molecule is O=C([O-])c1cc(C(=O)[O-])n(Cc2ccccc2)n1. The van der Waals surface area contributed by atoms with E-state index in [9.17, 15) is 19.8 Å². The molecule has 0 N–H and O–H groups in total. The molecule has 1 heterocycles. The normalized spacial score (nSPS) is 10.2. The minimum absolute atomic E-state index is 0.150. The van der Waals surface area contributed by atoms with Gasteiger partial charge < -0.3 is 19.8 Å². The number of rotatable bonds is 4. The Morgan fingerprint density at radius 2 is 1.78 bits per heavy atom. The Hall–Kier alpha value is -2.63. The van der Waals surface area contributed by atoms with Gasteiger partial charge in [-0.1, -0.05) is 30.3 Å². The lowest BCUT2D eigenvalue weighted by Crippen LogP contribution is -2.26. The zero-order valence-electron chi connectivity index (χ0n) is 9.20. The Labute approximate surface area is 102 Å². The maximum absolute atomic E-state index is 10.9. The molecule has 0 fully saturated rings. The third kappa shape index (κ3) is 2.37. The van der Waals surface area contributed by atoms with Crippen molar-refractivity contribution in [2.75, 3.05) is 0 Å². The van der Waals surface area contributed by atoms with Gasteiger partial charge in [-0.25, -0.2) is 0 Å². The number of benzene rings is 1. The highest BCUT2D eigenvalue weighted by molar-refractivity contribution is 5.89. The molecule has 0 saturated carbocycles. The molecule has 6 heteroatoms. The molecule has 1 aromatic heterocycles. The van der Waals surface area contributed by atoms with Gasteiger partial charge in [0.2, 0.25) is 0 Å². The Morgan fingerprint density at radius 1 is 1.11 bits per heavy atom. The number of nitrogens with zero attached hydrogens (tertiary/aromatic N) is 2. The van der Waals surface area contributed by atoms with Crippen LogP contribution in [0.2, 0.25) is 0 Å². The second-order valence-corrected chi connectivity index (χ2v) is 3.63. The molecule has 0 atom stereocenters. The van der Waals surface area contributed by atoms with Crippen LogP contribution >= 0.6 is 0 Å². The Balaban J connectivity index is 2.37. The van der Waals surface area contributed by atoms with Gasteiger partial charge in [-0.3, -0.25) is 4.68 Å². The van der Waals surface area contributed by atoms with E-state index in [-0.39, 0.29) is 12.2 Å². The van der Waals surface area contributed by atoms with Crippen molar-refractivity contribution in [1.82, 2.24) is 9.78 Å². The monoisotopic (exact) mass is 244 g/mol. The van der Waals surface area contributed by atoms with E-state index < -0.39 is 17.6 Å². The highest BCUT2D eigenvalue weighted by Crippen LogP contribution is 2.07. The van der Waals surface area contributed by atoms with E-state index >= 15 is 0 Å². The average Bonchev–Trinajstić information content (AvgIpc) is 2.74. The summed E-state index contributed by atoms with van der Waals surface area (Å²) in [6.07, 6.45) is 0. The van der Waals surface area contributed by atoms with Gasteiger partial charge >= 0.3 is 0 Å². The van der Waals surface area contributed by atoms with Gasteiger partial charge in [0.15, 0.2) is 0 Å². The van der Waals surface area contributed by atoms with Crippen LogP contribution in [0.4, 0.5) is 0 Å². The van der Waals surface area contributed by atoms with Crippen LogP contribution in [-0.2, 0) is 6.54 Å². The summed E-state index contributed by atoms with van der Waals surface area (Å²) >= 11 is 0. The molecule has 6 nitrogen and oxygen atoms in total. The summed E-state index contributed by atoms with van der Waals surface area (Å²) in [7, 11) is 0. The Bertz CT molecular complexity index is 589. The molecule has 0 bridgehead atoms. The number of hydrogen-bond donors (Lipinski definition) is 0. The number of hydrogen-bond acceptors (Lipinski definition) is 5. The van der Waals surface area contributed by atoms with Gasteiger partial charge in [0.05, 0.1) is 24.2 Å². The second-order valence-electron chi connectivity index (χ2n) is 3.63. The third-order valence-corrected chi connectivity index (χ3v) is 2.37. The Morgan fingerprint density at radius 3 is 2.33 bits per heavy atom. The fraction of sp³-hybridized carbons (Fsp3) is 0.0833. The highest BCUT2D eigenvalue weighted by atomic mass is 16.4. The van der Waals surface area contributed by atoms with Crippen molar-refractivity contribution in [3.63, 3.8) is 0 Å². The van der Waals surface area contributed by atoms with E-state index in [0.717, 1.165) is 16.3 Å². The lowest BCUT2D eigenvalue weighted by Gasteiger charge is -2.07. The van der Waals surface area contributed by atoms with Gasteiger partial charge in [-0.15, -0.1) is 0 Å². The largest absolute Gasteiger partial charge is 0.543 e. The summed E-state index contributed by atoms with van der Waals surface area (Å²) in [5.74, 6) is -3.00. The molecule has 0 radical (unpaired) electrons. The Kier molecular flexibility index (Phi) is 3.09. The molecule has 0 aliphatic heterocycles. The number of aromatic carboxylic acids is 2. The van der Waals surface area contributed by atoms with Crippen molar-refractivity contribution in [1.29, 1.82) is 0 Å². The number of carbonyl (C=O) groups excluding carboxylic acids is 2. The van der Waals surface area contributed by atoms with Gasteiger partial charge in [0.1, 0.15) is 5.69 Å². The molecule has 0 spiro atoms. The molecule has 92 valence electrons. The van der Waals surface area contributed by atoms with Crippen LogP contribution in [0.15, 0.2) is 36.4 Å². The van der Waals surface area contributed by atoms with E-state index in [4.69, 9.17) is 0 Å². The molecule has 0 aliphatic rings. The molecule has 0 amide bonds. The minimum Gasteiger partial charge on any atom is -0.543 e. The maximum atomic E-state index is 10.9. The second kappa shape index (κ2) is 4.70. The first-order chi connectivity index (χ1) is 8.58. The van der Waals surface area contributed by atoms with Gasteiger partial charge in [0.25, 0.3) is 0 Å². The average molecular weight is 244 g/mol. The lowest BCUT2D eigenvalue weighted by atomic mass is 10.2. The first-order valence-corrected chi connectivity index (χ1v) is 5.12. The van der Waals surface area contributed by atoms with Crippen molar-refractivity contribution >= 4 is 11.9 Å². The van der Waals surface area contributed by atoms with Crippen LogP contribution in [0.3, 0.4) is 0 Å². The van der Waals surface area contributed by atoms with Gasteiger partial charge in [0, 0.05) is 0 Å². The van der Waals surface area contributed by atoms with Crippen LogP contribution in [-0.4, -0.2) is 21.7 Å². The molecular weight excluding hydrogens is 236 g/mol. The molecule has 0 saturated heterocycles. The number of carbonyl (C=O) groups is 2. The van der Waals surface area contributed by atoms with Crippen molar-refractivity contribution < 1.29 is 19.8 Å². The van der Waals surface area contributed by atoms with Crippen molar-refractivity contribution in [2.24, 2.45) is 0 Å². The number of carboxylic acids is 2. The molecule has 0 aliphatic carbocycles. The van der Waals surface area contributed by atoms with Crippen LogP contribution < -0.4 is 10.2 Å². The molecule has 2 aromatic rings.